The van der Waals surface area contributed by atoms with Crippen LogP contribution in [-0.4, -0.2) is 27.6 Å². The van der Waals surface area contributed by atoms with Crippen molar-refractivity contribution in [2.45, 2.75) is 12.6 Å². The summed E-state index contributed by atoms with van der Waals surface area (Å²) in [6.45, 7) is 1.41. The van der Waals surface area contributed by atoms with E-state index in [1.807, 2.05) is 18.2 Å². The lowest BCUT2D eigenvalue weighted by Gasteiger charge is -2.20. The van der Waals surface area contributed by atoms with Gasteiger partial charge in [-0.3, -0.25) is 4.57 Å². The van der Waals surface area contributed by atoms with Crippen molar-refractivity contribution in [3.63, 3.8) is 0 Å². The summed E-state index contributed by atoms with van der Waals surface area (Å²) in [6.07, 6.45) is 1.47. The Morgan fingerprint density at radius 1 is 1.35 bits per heavy atom. The van der Waals surface area contributed by atoms with E-state index in [2.05, 4.69) is 5.10 Å². The molecule has 1 atom stereocenters. The van der Waals surface area contributed by atoms with Crippen molar-refractivity contribution in [1.29, 1.82) is 0 Å². The summed E-state index contributed by atoms with van der Waals surface area (Å²) in [7, 11) is 1.65. The molecule has 1 aromatic carbocycles. The zero-order chi connectivity index (χ0) is 14.1. The third-order valence-corrected chi connectivity index (χ3v) is 3.25. The minimum absolute atomic E-state index is 0.182. The maximum absolute atomic E-state index is 11.7. The standard InChI is InChI=1S/C13H16N4O3/c1-16-8-15-17(13(16)18)7-10(14)9-2-3-11-12(6-9)20-5-4-19-11/h2-3,6,8,10H,4-5,7,14H2,1H3. The first-order valence-electron chi connectivity index (χ1n) is 6.39. The van der Waals surface area contributed by atoms with Gasteiger partial charge in [0, 0.05) is 13.1 Å². The summed E-state index contributed by atoms with van der Waals surface area (Å²) in [4.78, 5) is 11.7. The third kappa shape index (κ3) is 2.27. The number of rotatable bonds is 3. The maximum Gasteiger partial charge on any atom is 0.345 e. The molecule has 2 heterocycles. The average Bonchev–Trinajstić information content (AvgIpc) is 2.78. The Balaban J connectivity index is 1.82. The molecule has 0 spiro atoms. The highest BCUT2D eigenvalue weighted by molar-refractivity contribution is 5.44. The zero-order valence-electron chi connectivity index (χ0n) is 11.2. The van der Waals surface area contributed by atoms with Gasteiger partial charge >= 0.3 is 5.69 Å². The average molecular weight is 276 g/mol. The van der Waals surface area contributed by atoms with Gasteiger partial charge in [-0.2, -0.15) is 5.10 Å². The molecule has 1 aliphatic heterocycles. The van der Waals surface area contributed by atoms with Crippen LogP contribution in [0.4, 0.5) is 0 Å². The maximum atomic E-state index is 11.7. The highest BCUT2D eigenvalue weighted by Crippen LogP contribution is 2.32. The Labute approximate surface area is 115 Å². The van der Waals surface area contributed by atoms with E-state index in [0.717, 1.165) is 11.3 Å². The molecule has 2 aromatic rings. The van der Waals surface area contributed by atoms with Crippen molar-refractivity contribution >= 4 is 0 Å². The van der Waals surface area contributed by atoms with Gasteiger partial charge in [-0.15, -0.1) is 0 Å². The number of hydrogen-bond donors (Lipinski definition) is 1. The third-order valence-electron chi connectivity index (χ3n) is 3.25. The number of nitrogens with zero attached hydrogens (tertiary/aromatic N) is 3. The summed E-state index contributed by atoms with van der Waals surface area (Å²) in [6, 6.07) is 5.24. The van der Waals surface area contributed by atoms with Gasteiger partial charge in [-0.05, 0) is 17.7 Å². The molecule has 1 unspecified atom stereocenters. The predicted molar refractivity (Wildman–Crippen MR) is 71.8 cm³/mol. The molecule has 20 heavy (non-hydrogen) atoms. The number of aromatic nitrogens is 3. The summed E-state index contributed by atoms with van der Waals surface area (Å²) < 4.78 is 13.7. The molecule has 106 valence electrons. The van der Waals surface area contributed by atoms with Crippen LogP contribution in [0.2, 0.25) is 0 Å². The SMILES string of the molecule is Cn1cnn(CC(N)c2ccc3c(c2)OCCO3)c1=O. The quantitative estimate of drug-likeness (QED) is 0.856. The fraction of sp³-hybridized carbons (Fsp3) is 0.385. The van der Waals surface area contributed by atoms with E-state index >= 15 is 0 Å². The van der Waals surface area contributed by atoms with Gasteiger partial charge in [-0.1, -0.05) is 6.07 Å². The topological polar surface area (TPSA) is 84.3 Å². The van der Waals surface area contributed by atoms with Gasteiger partial charge in [-0.25, -0.2) is 9.48 Å². The zero-order valence-corrected chi connectivity index (χ0v) is 11.2. The Kier molecular flexibility index (Phi) is 3.19. The number of ether oxygens (including phenoxy) is 2. The number of hydrogen-bond acceptors (Lipinski definition) is 5. The molecule has 3 rings (SSSR count). The van der Waals surface area contributed by atoms with E-state index in [4.69, 9.17) is 15.2 Å². The molecule has 7 nitrogen and oxygen atoms in total. The number of nitrogens with two attached hydrogens (primary N) is 1. The van der Waals surface area contributed by atoms with Crippen molar-refractivity contribution in [2.24, 2.45) is 12.8 Å². The first-order valence-corrected chi connectivity index (χ1v) is 6.39. The fourth-order valence-corrected chi connectivity index (χ4v) is 2.13. The molecule has 0 amide bonds. The van der Waals surface area contributed by atoms with Gasteiger partial charge in [0.25, 0.3) is 0 Å². The number of aryl methyl sites for hydroxylation is 1. The molecule has 0 saturated heterocycles. The molecule has 0 aliphatic carbocycles. The van der Waals surface area contributed by atoms with E-state index in [1.165, 1.54) is 15.6 Å². The minimum atomic E-state index is -0.335. The van der Waals surface area contributed by atoms with Crippen molar-refractivity contribution in [1.82, 2.24) is 14.3 Å². The Morgan fingerprint density at radius 3 is 2.80 bits per heavy atom. The summed E-state index contributed by atoms with van der Waals surface area (Å²) >= 11 is 0. The lowest BCUT2D eigenvalue weighted by molar-refractivity contribution is 0.171. The van der Waals surface area contributed by atoms with Crippen LogP contribution in [-0.2, 0) is 13.6 Å². The molecule has 1 aliphatic rings. The summed E-state index contributed by atoms with van der Waals surface area (Å²) in [5.41, 5.74) is 6.83. The van der Waals surface area contributed by atoms with Crippen LogP contribution >= 0.6 is 0 Å². The second-order valence-electron chi connectivity index (χ2n) is 4.72. The first kappa shape index (κ1) is 12.7. The minimum Gasteiger partial charge on any atom is -0.486 e. The second kappa shape index (κ2) is 5.01. The van der Waals surface area contributed by atoms with E-state index in [0.29, 0.717) is 25.5 Å². The van der Waals surface area contributed by atoms with Crippen molar-refractivity contribution in [3.05, 3.63) is 40.6 Å². The van der Waals surface area contributed by atoms with E-state index < -0.39 is 0 Å². The smallest absolute Gasteiger partial charge is 0.345 e. The highest BCUT2D eigenvalue weighted by Gasteiger charge is 2.16. The molecule has 0 radical (unpaired) electrons. The van der Waals surface area contributed by atoms with Crippen LogP contribution in [0.3, 0.4) is 0 Å². The van der Waals surface area contributed by atoms with Gasteiger partial charge in [0.15, 0.2) is 11.5 Å². The van der Waals surface area contributed by atoms with Crippen molar-refractivity contribution in [3.8, 4) is 11.5 Å². The molecule has 1 aromatic heterocycles. The first-order chi connectivity index (χ1) is 9.65. The van der Waals surface area contributed by atoms with Crippen LogP contribution in [0.5, 0.6) is 11.5 Å². The number of benzene rings is 1. The number of fused-ring (bicyclic) bond motifs is 1. The van der Waals surface area contributed by atoms with Gasteiger partial charge in [0.2, 0.25) is 0 Å². The second-order valence-corrected chi connectivity index (χ2v) is 4.72. The van der Waals surface area contributed by atoms with Crippen LogP contribution in [0.25, 0.3) is 0 Å². The van der Waals surface area contributed by atoms with Gasteiger partial charge < -0.3 is 15.2 Å². The van der Waals surface area contributed by atoms with Crippen molar-refractivity contribution < 1.29 is 9.47 Å². The lowest BCUT2D eigenvalue weighted by Crippen LogP contribution is -2.28. The van der Waals surface area contributed by atoms with E-state index in [1.54, 1.807) is 7.05 Å². The Bertz CT molecular complexity index is 676. The van der Waals surface area contributed by atoms with Crippen LogP contribution in [0, 0.1) is 0 Å². The van der Waals surface area contributed by atoms with E-state index in [-0.39, 0.29) is 11.7 Å². The Morgan fingerprint density at radius 2 is 2.10 bits per heavy atom. The molecular formula is C13H16N4O3. The molecule has 0 fully saturated rings. The predicted octanol–water partition coefficient (Wildman–Crippen LogP) is 0.0530. The summed E-state index contributed by atoms with van der Waals surface area (Å²) in [5, 5.41) is 4.00. The van der Waals surface area contributed by atoms with E-state index in [9.17, 15) is 4.79 Å². The fourth-order valence-electron chi connectivity index (χ4n) is 2.13. The molecule has 2 N–H and O–H groups in total. The Hall–Kier alpha value is -2.28. The van der Waals surface area contributed by atoms with Crippen molar-refractivity contribution in [2.75, 3.05) is 13.2 Å². The lowest BCUT2D eigenvalue weighted by atomic mass is 10.1. The molecular weight excluding hydrogens is 260 g/mol. The molecule has 0 bridgehead atoms. The van der Waals surface area contributed by atoms with Crippen LogP contribution < -0.4 is 20.9 Å². The molecule has 0 saturated carbocycles. The van der Waals surface area contributed by atoms with Crippen LogP contribution in [0.1, 0.15) is 11.6 Å². The normalized spacial score (nSPS) is 15.1. The van der Waals surface area contributed by atoms with Gasteiger partial charge in [0.1, 0.15) is 19.5 Å². The van der Waals surface area contributed by atoms with Crippen LogP contribution in [0.15, 0.2) is 29.3 Å². The monoisotopic (exact) mass is 276 g/mol. The highest BCUT2D eigenvalue weighted by atomic mass is 16.6. The van der Waals surface area contributed by atoms with Gasteiger partial charge in [0.05, 0.1) is 6.54 Å². The largest absolute Gasteiger partial charge is 0.486 e. The molecule has 7 heteroatoms. The summed E-state index contributed by atoms with van der Waals surface area (Å²) in [5.74, 6) is 1.42.